The number of Topliss-reactive ketones (excluding diaryl/α,β-unsaturated/α-hetero) is 1. The molecular formula is C28H27BrN2O4. The quantitative estimate of drug-likeness (QED) is 0.327. The summed E-state index contributed by atoms with van der Waals surface area (Å²) in [7, 11) is 0. The normalized spacial score (nSPS) is 17.9. The van der Waals surface area contributed by atoms with Gasteiger partial charge in [0.1, 0.15) is 11.0 Å². The number of halogens is 1. The number of fused-ring (bicyclic) bond motifs is 1. The summed E-state index contributed by atoms with van der Waals surface area (Å²) in [5, 5.41) is 2.97. The molecule has 2 atom stereocenters. The summed E-state index contributed by atoms with van der Waals surface area (Å²) in [4.78, 5) is 45.9. The van der Waals surface area contributed by atoms with Crippen molar-refractivity contribution in [3.05, 3.63) is 93.7 Å². The van der Waals surface area contributed by atoms with E-state index in [0.29, 0.717) is 27.0 Å². The Bertz CT molecular complexity index is 1300. The molecule has 7 heteroatoms. The third-order valence-corrected chi connectivity index (χ3v) is 6.77. The number of nitrogens with zero attached hydrogens (tertiary/aromatic N) is 1. The molecule has 0 unspecified atom stereocenters. The highest BCUT2D eigenvalue weighted by molar-refractivity contribution is 9.10. The van der Waals surface area contributed by atoms with E-state index in [9.17, 15) is 14.4 Å². The molecule has 1 amide bonds. The van der Waals surface area contributed by atoms with Crippen molar-refractivity contribution in [2.24, 2.45) is 5.92 Å². The van der Waals surface area contributed by atoms with Crippen molar-refractivity contribution in [1.29, 1.82) is 0 Å². The molecule has 0 radical (unpaired) electrons. The van der Waals surface area contributed by atoms with Crippen LogP contribution in [0.2, 0.25) is 0 Å². The zero-order chi connectivity index (χ0) is 25.4. The van der Waals surface area contributed by atoms with E-state index in [-0.39, 0.29) is 12.2 Å². The molecular weight excluding hydrogens is 508 g/mol. The Morgan fingerprint density at radius 2 is 1.77 bits per heavy atom. The van der Waals surface area contributed by atoms with E-state index >= 15 is 0 Å². The van der Waals surface area contributed by atoms with Crippen LogP contribution in [0, 0.1) is 12.8 Å². The highest BCUT2D eigenvalue weighted by atomic mass is 79.9. The second kappa shape index (κ2) is 9.38. The molecule has 0 aliphatic carbocycles. The molecule has 0 spiro atoms. The minimum Gasteiger partial charge on any atom is -0.460 e. The fourth-order valence-corrected chi connectivity index (χ4v) is 5.20. The molecule has 4 rings (SSSR count). The first-order chi connectivity index (χ1) is 16.6. The van der Waals surface area contributed by atoms with Gasteiger partial charge in [0.05, 0.1) is 11.6 Å². The first-order valence-electron chi connectivity index (χ1n) is 11.4. The Balaban J connectivity index is 1.99. The van der Waals surface area contributed by atoms with Crippen molar-refractivity contribution in [3.8, 4) is 0 Å². The molecule has 2 heterocycles. The number of para-hydroxylation sites is 1. The van der Waals surface area contributed by atoms with E-state index in [1.54, 1.807) is 63.4 Å². The maximum absolute atomic E-state index is 14.0. The molecule has 3 aromatic rings. The maximum Gasteiger partial charge on any atom is 0.311 e. The fourth-order valence-electron chi connectivity index (χ4n) is 4.63. The minimum atomic E-state index is -1.58. The molecule has 1 N–H and O–H groups in total. The smallest absolute Gasteiger partial charge is 0.311 e. The zero-order valence-corrected chi connectivity index (χ0v) is 21.7. The van der Waals surface area contributed by atoms with Gasteiger partial charge in [-0.3, -0.25) is 19.4 Å². The van der Waals surface area contributed by atoms with Gasteiger partial charge in [0, 0.05) is 28.3 Å². The van der Waals surface area contributed by atoms with E-state index in [0.717, 1.165) is 5.56 Å². The van der Waals surface area contributed by atoms with Gasteiger partial charge in [-0.2, -0.15) is 0 Å². The number of aromatic nitrogens is 1. The fraction of sp³-hybridized carbons (Fsp3) is 0.286. The lowest BCUT2D eigenvalue weighted by atomic mass is 9.66. The van der Waals surface area contributed by atoms with Crippen LogP contribution >= 0.6 is 15.9 Å². The van der Waals surface area contributed by atoms with Gasteiger partial charge in [-0.15, -0.1) is 0 Å². The Morgan fingerprint density at radius 1 is 1.06 bits per heavy atom. The van der Waals surface area contributed by atoms with Crippen LogP contribution in [0.4, 0.5) is 5.69 Å². The number of carbonyl (C=O) groups is 3. The van der Waals surface area contributed by atoms with Gasteiger partial charge in [-0.1, -0.05) is 48.5 Å². The van der Waals surface area contributed by atoms with E-state index < -0.39 is 28.8 Å². The first kappa shape index (κ1) is 24.8. The minimum absolute atomic E-state index is 0.233. The topological polar surface area (TPSA) is 85.4 Å². The van der Waals surface area contributed by atoms with Crippen LogP contribution in [-0.2, 0) is 19.7 Å². The third kappa shape index (κ3) is 4.52. The van der Waals surface area contributed by atoms with Crippen molar-refractivity contribution in [2.75, 3.05) is 5.32 Å². The lowest BCUT2D eigenvalue weighted by Crippen LogP contribution is -2.49. The number of nitrogens with one attached hydrogen (secondary N) is 1. The molecule has 0 fully saturated rings. The molecule has 1 aliphatic heterocycles. The standard InChI is InChI=1S/C28H27BrN2O4/c1-17-10-8-13-19-23(17)31-26(34)28(19,24-21(29)14-9-15-30-24)20(25(33)35-27(2,3)4)16-22(32)18-11-6-5-7-12-18/h5-15,20H,16H2,1-4H3,(H,31,34)/t20-,28-/m0/s1. The lowest BCUT2D eigenvalue weighted by molar-refractivity contribution is -0.163. The van der Waals surface area contributed by atoms with Crippen LogP contribution in [0.1, 0.15) is 54.4 Å². The predicted octanol–water partition coefficient (Wildman–Crippen LogP) is 5.62. The van der Waals surface area contributed by atoms with Crippen molar-refractivity contribution in [3.63, 3.8) is 0 Å². The molecule has 1 aromatic heterocycles. The number of hydrogen-bond acceptors (Lipinski definition) is 5. The van der Waals surface area contributed by atoms with Gasteiger partial charge in [0.15, 0.2) is 5.78 Å². The Labute approximate surface area is 213 Å². The zero-order valence-electron chi connectivity index (χ0n) is 20.1. The second-order valence-corrected chi connectivity index (χ2v) is 10.5. The van der Waals surface area contributed by atoms with Gasteiger partial charge >= 0.3 is 5.97 Å². The van der Waals surface area contributed by atoms with E-state index in [4.69, 9.17) is 4.74 Å². The predicted molar refractivity (Wildman–Crippen MR) is 137 cm³/mol. The number of hydrogen-bond donors (Lipinski definition) is 1. The highest BCUT2D eigenvalue weighted by Gasteiger charge is 2.59. The van der Waals surface area contributed by atoms with Gasteiger partial charge in [0.25, 0.3) is 0 Å². The number of benzene rings is 2. The molecule has 0 saturated carbocycles. The SMILES string of the molecule is Cc1cccc2c1NC(=O)[C@]2(c1ncccc1Br)[C@@H](CC(=O)c1ccccc1)C(=O)OC(C)(C)C. The van der Waals surface area contributed by atoms with E-state index in [1.807, 2.05) is 31.2 Å². The highest BCUT2D eigenvalue weighted by Crippen LogP contribution is 2.51. The van der Waals surface area contributed by atoms with Crippen LogP contribution in [-0.4, -0.2) is 28.2 Å². The number of anilines is 1. The number of ether oxygens (including phenoxy) is 1. The van der Waals surface area contributed by atoms with Crippen LogP contribution in [0.5, 0.6) is 0 Å². The van der Waals surface area contributed by atoms with Gasteiger partial charge in [-0.05, 0) is 66.9 Å². The second-order valence-electron chi connectivity index (χ2n) is 9.67. The molecule has 6 nitrogen and oxygen atoms in total. The van der Waals surface area contributed by atoms with Crippen LogP contribution in [0.3, 0.4) is 0 Å². The van der Waals surface area contributed by atoms with Crippen molar-refractivity contribution >= 4 is 39.3 Å². The maximum atomic E-state index is 14.0. The first-order valence-corrected chi connectivity index (χ1v) is 12.2. The van der Waals surface area contributed by atoms with Crippen LogP contribution in [0.25, 0.3) is 0 Å². The Hall–Kier alpha value is -3.32. The molecule has 0 saturated heterocycles. The van der Waals surface area contributed by atoms with Crippen LogP contribution in [0.15, 0.2) is 71.3 Å². The summed E-state index contributed by atoms with van der Waals surface area (Å²) in [6, 6.07) is 17.8. The van der Waals surface area contributed by atoms with Gasteiger partial charge in [0.2, 0.25) is 5.91 Å². The summed E-state index contributed by atoms with van der Waals surface area (Å²) in [6.07, 6.45) is 1.34. The summed E-state index contributed by atoms with van der Waals surface area (Å²) >= 11 is 3.55. The summed E-state index contributed by atoms with van der Waals surface area (Å²) in [6.45, 7) is 7.17. The van der Waals surface area contributed by atoms with E-state index in [2.05, 4.69) is 26.2 Å². The number of esters is 1. The molecule has 35 heavy (non-hydrogen) atoms. The summed E-state index contributed by atoms with van der Waals surface area (Å²) in [5.41, 5.74) is 0.487. The summed E-state index contributed by atoms with van der Waals surface area (Å²) < 4.78 is 6.38. The number of carbonyl (C=O) groups excluding carboxylic acids is 3. The average molecular weight is 535 g/mol. The number of aryl methyl sites for hydroxylation is 1. The Kier molecular flexibility index (Phi) is 6.64. The van der Waals surface area contributed by atoms with Gasteiger partial charge < -0.3 is 10.1 Å². The molecule has 0 bridgehead atoms. The third-order valence-electron chi connectivity index (χ3n) is 6.13. The number of amides is 1. The summed E-state index contributed by atoms with van der Waals surface area (Å²) in [5.74, 6) is -2.48. The number of rotatable bonds is 6. The monoisotopic (exact) mass is 534 g/mol. The largest absolute Gasteiger partial charge is 0.460 e. The molecule has 1 aliphatic rings. The number of ketones is 1. The average Bonchev–Trinajstić information content (AvgIpc) is 3.10. The van der Waals surface area contributed by atoms with E-state index in [1.165, 1.54) is 0 Å². The van der Waals surface area contributed by atoms with Crippen molar-refractivity contribution in [1.82, 2.24) is 4.98 Å². The van der Waals surface area contributed by atoms with Crippen LogP contribution < -0.4 is 5.32 Å². The van der Waals surface area contributed by atoms with Crippen molar-refractivity contribution in [2.45, 2.75) is 45.1 Å². The Morgan fingerprint density at radius 3 is 2.43 bits per heavy atom. The molecule has 2 aromatic carbocycles. The molecule has 180 valence electrons. The number of pyridine rings is 1. The van der Waals surface area contributed by atoms with Gasteiger partial charge in [-0.25, -0.2) is 0 Å². The lowest BCUT2D eigenvalue weighted by Gasteiger charge is -2.36. The van der Waals surface area contributed by atoms with Crippen molar-refractivity contribution < 1.29 is 19.1 Å².